The molecule has 1 aromatic heterocycles. The second-order valence-electron chi connectivity index (χ2n) is 5.39. The highest BCUT2D eigenvalue weighted by Gasteiger charge is 2.31. The number of likely N-dealkylation sites (N-methyl/N-ethyl adjacent to an activating group) is 1. The van der Waals surface area contributed by atoms with Gasteiger partial charge in [0.25, 0.3) is 5.56 Å². The summed E-state index contributed by atoms with van der Waals surface area (Å²) >= 11 is 0. The Labute approximate surface area is 123 Å². The van der Waals surface area contributed by atoms with Gasteiger partial charge in [0.15, 0.2) is 0 Å². The molecule has 1 aromatic carbocycles. The maximum atomic E-state index is 12.5. The fraction of sp³-hybridized carbons (Fsp3) is 0.429. The van der Waals surface area contributed by atoms with Gasteiger partial charge in [0.1, 0.15) is 5.75 Å². The number of fused-ring (bicyclic) bond motifs is 1. The number of aromatic nitrogens is 2. The molecule has 2 heterocycles. The van der Waals surface area contributed by atoms with Gasteiger partial charge in [0, 0.05) is 6.54 Å². The van der Waals surface area contributed by atoms with E-state index in [9.17, 15) is 18.0 Å². The summed E-state index contributed by atoms with van der Waals surface area (Å²) in [6, 6.07) is 3.58. The number of likely N-dealkylation sites (tertiary alicyclic amines) is 1. The quantitative estimate of drug-likeness (QED) is 0.852. The Kier molecular flexibility index (Phi) is 3.56. The van der Waals surface area contributed by atoms with E-state index in [-0.39, 0.29) is 17.0 Å². The molecule has 3 rings (SSSR count). The van der Waals surface area contributed by atoms with Gasteiger partial charge >= 0.3 is 6.36 Å². The second-order valence-corrected chi connectivity index (χ2v) is 5.39. The molecule has 1 atom stereocenters. The van der Waals surface area contributed by atoms with Crippen molar-refractivity contribution in [2.24, 2.45) is 0 Å². The second kappa shape index (κ2) is 5.28. The van der Waals surface area contributed by atoms with Crippen LogP contribution in [0.3, 0.4) is 0 Å². The van der Waals surface area contributed by atoms with Crippen molar-refractivity contribution >= 4 is 10.9 Å². The van der Waals surface area contributed by atoms with Crippen LogP contribution in [-0.2, 0) is 0 Å². The van der Waals surface area contributed by atoms with Gasteiger partial charge < -0.3 is 9.64 Å². The van der Waals surface area contributed by atoms with Gasteiger partial charge in [0.2, 0.25) is 0 Å². The lowest BCUT2D eigenvalue weighted by molar-refractivity contribution is -0.274. The Morgan fingerprint density at radius 2 is 2.14 bits per heavy atom. The van der Waals surface area contributed by atoms with E-state index in [1.54, 1.807) is 0 Å². The highest BCUT2D eigenvalue weighted by Crippen LogP contribution is 2.25. The number of halogens is 3. The Hall–Kier alpha value is -2.09. The molecular formula is C14H14F3N3O2. The average Bonchev–Trinajstić information content (AvgIpc) is 2.84. The minimum absolute atomic E-state index is 0.0124. The van der Waals surface area contributed by atoms with Crippen LogP contribution in [0, 0.1) is 0 Å². The highest BCUT2D eigenvalue weighted by atomic mass is 19.4. The fourth-order valence-corrected chi connectivity index (χ4v) is 2.71. The minimum atomic E-state index is -4.79. The van der Waals surface area contributed by atoms with Crippen molar-refractivity contribution < 1.29 is 17.9 Å². The van der Waals surface area contributed by atoms with E-state index >= 15 is 0 Å². The first-order chi connectivity index (χ1) is 10.3. The van der Waals surface area contributed by atoms with Crippen LogP contribution in [0.1, 0.15) is 12.5 Å². The molecule has 0 aliphatic carbocycles. The van der Waals surface area contributed by atoms with Gasteiger partial charge in [-0.25, -0.2) is 4.98 Å². The molecule has 22 heavy (non-hydrogen) atoms. The number of hydrogen-bond acceptors (Lipinski definition) is 4. The molecule has 0 spiro atoms. The summed E-state index contributed by atoms with van der Waals surface area (Å²) in [6.45, 7) is 1.58. The largest absolute Gasteiger partial charge is 0.573 e. The van der Waals surface area contributed by atoms with Crippen LogP contribution in [-0.4, -0.2) is 41.0 Å². The molecular weight excluding hydrogens is 299 g/mol. The molecule has 1 saturated heterocycles. The van der Waals surface area contributed by atoms with Gasteiger partial charge in [-0.05, 0) is 38.2 Å². The molecule has 1 aliphatic heterocycles. The summed E-state index contributed by atoms with van der Waals surface area (Å²) < 4.78 is 42.2. The first-order valence-corrected chi connectivity index (χ1v) is 6.79. The van der Waals surface area contributed by atoms with E-state index in [1.165, 1.54) is 17.0 Å². The lowest BCUT2D eigenvalue weighted by Crippen LogP contribution is -2.27. The van der Waals surface area contributed by atoms with Crippen molar-refractivity contribution in [1.82, 2.24) is 14.5 Å². The number of benzene rings is 1. The minimum Gasteiger partial charge on any atom is -0.406 e. The Morgan fingerprint density at radius 1 is 1.36 bits per heavy atom. The zero-order valence-electron chi connectivity index (χ0n) is 11.8. The predicted molar refractivity (Wildman–Crippen MR) is 73.8 cm³/mol. The lowest BCUT2D eigenvalue weighted by Gasteiger charge is -2.14. The Morgan fingerprint density at radius 3 is 2.77 bits per heavy atom. The van der Waals surface area contributed by atoms with Crippen LogP contribution < -0.4 is 10.3 Å². The zero-order chi connectivity index (χ0) is 15.9. The first-order valence-electron chi connectivity index (χ1n) is 6.79. The number of alkyl halides is 3. The number of ether oxygens (including phenoxy) is 1. The van der Waals surface area contributed by atoms with Crippen molar-refractivity contribution in [3.05, 3.63) is 34.9 Å². The third kappa shape index (κ3) is 2.92. The van der Waals surface area contributed by atoms with Crippen LogP contribution in [0.15, 0.2) is 29.3 Å². The molecule has 0 N–H and O–H groups in total. The van der Waals surface area contributed by atoms with E-state index in [0.717, 1.165) is 25.1 Å². The first kappa shape index (κ1) is 14.8. The average molecular weight is 313 g/mol. The summed E-state index contributed by atoms with van der Waals surface area (Å²) in [5.41, 5.74) is 0.0000468. The Balaban J connectivity index is 2.03. The molecule has 0 bridgehead atoms. The van der Waals surface area contributed by atoms with Gasteiger partial charge in [-0.1, -0.05) is 0 Å². The predicted octanol–water partition coefficient (Wildman–Crippen LogP) is 2.17. The fourth-order valence-electron chi connectivity index (χ4n) is 2.71. The van der Waals surface area contributed by atoms with Crippen LogP contribution >= 0.6 is 0 Å². The van der Waals surface area contributed by atoms with Crippen molar-refractivity contribution in [2.75, 3.05) is 20.1 Å². The van der Waals surface area contributed by atoms with Gasteiger partial charge in [-0.2, -0.15) is 0 Å². The maximum absolute atomic E-state index is 12.5. The summed E-state index contributed by atoms with van der Waals surface area (Å²) in [5.74, 6) is -0.416. The number of rotatable bonds is 2. The van der Waals surface area contributed by atoms with Gasteiger partial charge in [-0.15, -0.1) is 13.2 Å². The van der Waals surface area contributed by atoms with E-state index in [2.05, 4.69) is 14.6 Å². The van der Waals surface area contributed by atoms with Crippen LogP contribution in [0.4, 0.5) is 13.2 Å². The molecule has 2 aromatic rings. The van der Waals surface area contributed by atoms with Crippen molar-refractivity contribution in [3.8, 4) is 5.75 Å². The lowest BCUT2D eigenvalue weighted by atomic mass is 10.2. The third-order valence-corrected chi connectivity index (χ3v) is 3.75. The molecule has 118 valence electrons. The molecule has 1 fully saturated rings. The van der Waals surface area contributed by atoms with E-state index in [4.69, 9.17) is 0 Å². The number of nitrogens with zero attached hydrogens (tertiary/aromatic N) is 3. The standard InChI is InChI=1S/C14H14F3N3O2/c1-19-5-4-9(7-19)20-8-18-12-3-2-10(22-14(15,16)17)6-11(12)13(20)21/h2-3,6,8-9H,4-5,7H2,1H3/t9-/m1/s1. The van der Waals surface area contributed by atoms with E-state index < -0.39 is 12.1 Å². The van der Waals surface area contributed by atoms with Crippen molar-refractivity contribution in [1.29, 1.82) is 0 Å². The summed E-state index contributed by atoms with van der Waals surface area (Å²) in [6.07, 6.45) is -2.52. The van der Waals surface area contributed by atoms with E-state index in [1.807, 2.05) is 7.05 Å². The molecule has 8 heteroatoms. The molecule has 0 amide bonds. The monoisotopic (exact) mass is 313 g/mol. The van der Waals surface area contributed by atoms with Crippen LogP contribution in [0.5, 0.6) is 5.75 Å². The highest BCUT2D eigenvalue weighted by molar-refractivity contribution is 5.78. The van der Waals surface area contributed by atoms with Crippen LogP contribution in [0.2, 0.25) is 0 Å². The maximum Gasteiger partial charge on any atom is 0.573 e. The molecule has 1 aliphatic rings. The third-order valence-electron chi connectivity index (χ3n) is 3.75. The molecule has 0 unspecified atom stereocenters. The summed E-state index contributed by atoms with van der Waals surface area (Å²) in [5, 5.41) is 0.124. The van der Waals surface area contributed by atoms with E-state index in [0.29, 0.717) is 12.1 Å². The van der Waals surface area contributed by atoms with Crippen molar-refractivity contribution in [3.63, 3.8) is 0 Å². The summed E-state index contributed by atoms with van der Waals surface area (Å²) in [7, 11) is 1.95. The summed E-state index contributed by atoms with van der Waals surface area (Å²) in [4.78, 5) is 18.8. The van der Waals surface area contributed by atoms with Crippen molar-refractivity contribution in [2.45, 2.75) is 18.8 Å². The zero-order valence-corrected chi connectivity index (χ0v) is 11.8. The smallest absolute Gasteiger partial charge is 0.406 e. The topological polar surface area (TPSA) is 47.4 Å². The normalized spacial score (nSPS) is 19.7. The van der Waals surface area contributed by atoms with Gasteiger partial charge in [-0.3, -0.25) is 9.36 Å². The SMILES string of the molecule is CN1CC[C@@H](n2cnc3ccc(OC(F)(F)F)cc3c2=O)C1. The van der Waals surface area contributed by atoms with Gasteiger partial charge in [0.05, 0.1) is 23.3 Å². The van der Waals surface area contributed by atoms with Crippen LogP contribution in [0.25, 0.3) is 10.9 Å². The Bertz CT molecular complexity index is 757. The number of hydrogen-bond donors (Lipinski definition) is 0. The molecule has 0 radical (unpaired) electrons. The molecule has 5 nitrogen and oxygen atoms in total. The molecule has 0 saturated carbocycles.